The first-order valence-corrected chi connectivity index (χ1v) is 7.71. The van der Waals surface area contributed by atoms with Gasteiger partial charge in [0.2, 0.25) is 0 Å². The molecule has 0 aliphatic heterocycles. The lowest BCUT2D eigenvalue weighted by Crippen LogP contribution is -2.16. The average molecular weight is 287 g/mol. The fraction of sp³-hybridized carbons (Fsp3) is 0.444. The third kappa shape index (κ3) is 4.85. The van der Waals surface area contributed by atoms with E-state index in [-0.39, 0.29) is 0 Å². The summed E-state index contributed by atoms with van der Waals surface area (Å²) in [4.78, 5) is 0. The van der Waals surface area contributed by atoms with Gasteiger partial charge in [0.25, 0.3) is 0 Å². The first kappa shape index (κ1) is 15.5. The molecule has 2 rings (SSSR count). The van der Waals surface area contributed by atoms with Gasteiger partial charge in [-0.25, -0.2) is 0 Å². The van der Waals surface area contributed by atoms with Gasteiger partial charge < -0.3 is 14.5 Å². The molecule has 0 bridgehead atoms. The zero-order chi connectivity index (χ0) is 15.1. The van der Waals surface area contributed by atoms with E-state index >= 15 is 0 Å². The van der Waals surface area contributed by atoms with Crippen molar-refractivity contribution in [2.24, 2.45) is 0 Å². The molecule has 0 saturated heterocycles. The van der Waals surface area contributed by atoms with E-state index in [0.717, 1.165) is 43.1 Å². The smallest absolute Gasteiger partial charge is 0.142 e. The van der Waals surface area contributed by atoms with Crippen LogP contribution >= 0.6 is 0 Å². The molecule has 0 amide bonds. The maximum atomic E-state index is 5.84. The van der Waals surface area contributed by atoms with Crippen molar-refractivity contribution in [2.75, 3.05) is 11.9 Å². The number of aryl methyl sites for hydroxylation is 2. The summed E-state index contributed by atoms with van der Waals surface area (Å²) in [7, 11) is 0. The molecule has 1 unspecified atom stereocenters. The van der Waals surface area contributed by atoms with E-state index in [1.54, 1.807) is 6.26 Å². The van der Waals surface area contributed by atoms with Crippen LogP contribution < -0.4 is 10.1 Å². The first-order valence-electron chi connectivity index (χ1n) is 7.71. The Kier molecular flexibility index (Phi) is 5.73. The molecule has 0 aliphatic rings. The van der Waals surface area contributed by atoms with Crippen molar-refractivity contribution >= 4 is 5.69 Å². The van der Waals surface area contributed by atoms with E-state index in [0.29, 0.717) is 6.04 Å². The molecule has 1 aromatic heterocycles. The molecule has 1 atom stereocenters. The maximum Gasteiger partial charge on any atom is 0.142 e. The number of benzene rings is 1. The molecule has 0 spiro atoms. The van der Waals surface area contributed by atoms with E-state index < -0.39 is 0 Å². The molecule has 1 aromatic carbocycles. The van der Waals surface area contributed by atoms with Crippen molar-refractivity contribution < 1.29 is 9.15 Å². The van der Waals surface area contributed by atoms with Gasteiger partial charge in [0, 0.05) is 12.5 Å². The maximum absolute atomic E-state index is 5.84. The van der Waals surface area contributed by atoms with Crippen molar-refractivity contribution in [1.82, 2.24) is 0 Å². The van der Waals surface area contributed by atoms with Gasteiger partial charge in [-0.05, 0) is 56.5 Å². The summed E-state index contributed by atoms with van der Waals surface area (Å²) in [5, 5.41) is 3.54. The van der Waals surface area contributed by atoms with Gasteiger partial charge in [0.15, 0.2) is 0 Å². The fourth-order valence-corrected chi connectivity index (χ4v) is 2.23. The molecule has 3 heteroatoms. The number of hydrogen-bond acceptors (Lipinski definition) is 3. The quantitative estimate of drug-likeness (QED) is 0.756. The van der Waals surface area contributed by atoms with Crippen molar-refractivity contribution in [1.29, 1.82) is 0 Å². The topological polar surface area (TPSA) is 34.4 Å². The molecule has 1 N–H and O–H groups in total. The summed E-state index contributed by atoms with van der Waals surface area (Å²) in [5.74, 6) is 1.98. The normalized spacial score (nSPS) is 12.1. The summed E-state index contributed by atoms with van der Waals surface area (Å²) >= 11 is 0. The van der Waals surface area contributed by atoms with E-state index in [2.05, 4.69) is 44.3 Å². The first-order chi connectivity index (χ1) is 10.2. The molecule has 0 radical (unpaired) electrons. The van der Waals surface area contributed by atoms with Crippen molar-refractivity contribution in [3.05, 3.63) is 47.9 Å². The van der Waals surface area contributed by atoms with Gasteiger partial charge in [-0.2, -0.15) is 0 Å². The van der Waals surface area contributed by atoms with Crippen LogP contribution in [0.1, 0.15) is 38.0 Å². The molecular weight excluding hydrogens is 262 g/mol. The molecule has 0 saturated carbocycles. The molecule has 21 heavy (non-hydrogen) atoms. The zero-order valence-electron chi connectivity index (χ0n) is 13.2. The minimum Gasteiger partial charge on any atom is -0.491 e. The molecule has 3 nitrogen and oxygen atoms in total. The fourth-order valence-electron chi connectivity index (χ4n) is 2.23. The Hall–Kier alpha value is -1.90. The van der Waals surface area contributed by atoms with Crippen LogP contribution in [0.25, 0.3) is 0 Å². The van der Waals surface area contributed by atoms with E-state index in [9.17, 15) is 0 Å². The summed E-state index contributed by atoms with van der Waals surface area (Å²) in [6, 6.07) is 10.6. The van der Waals surface area contributed by atoms with Crippen LogP contribution in [0.5, 0.6) is 5.75 Å². The Balaban J connectivity index is 1.94. The third-order valence-corrected chi connectivity index (χ3v) is 3.40. The van der Waals surface area contributed by atoms with Crippen molar-refractivity contribution in [2.45, 2.75) is 46.1 Å². The molecule has 114 valence electrons. The second-order valence-electron chi connectivity index (χ2n) is 5.51. The second-order valence-corrected chi connectivity index (χ2v) is 5.51. The number of furan rings is 1. The summed E-state index contributed by atoms with van der Waals surface area (Å²) in [6.45, 7) is 7.14. The predicted molar refractivity (Wildman–Crippen MR) is 87.1 cm³/mol. The van der Waals surface area contributed by atoms with Crippen molar-refractivity contribution in [3.8, 4) is 5.75 Å². The Morgan fingerprint density at radius 2 is 2.14 bits per heavy atom. The second kappa shape index (κ2) is 7.77. The van der Waals surface area contributed by atoms with Crippen molar-refractivity contribution in [3.63, 3.8) is 0 Å². The highest BCUT2D eigenvalue weighted by atomic mass is 16.5. The van der Waals surface area contributed by atoms with Crippen LogP contribution in [0.4, 0.5) is 5.69 Å². The van der Waals surface area contributed by atoms with Crippen LogP contribution in [0.3, 0.4) is 0 Å². The highest BCUT2D eigenvalue weighted by molar-refractivity contribution is 5.58. The van der Waals surface area contributed by atoms with Crippen LogP contribution in [0, 0.1) is 6.92 Å². The van der Waals surface area contributed by atoms with Gasteiger partial charge in [0.1, 0.15) is 11.5 Å². The van der Waals surface area contributed by atoms with Crippen LogP contribution in [-0.2, 0) is 6.42 Å². The number of rotatable bonds is 8. The number of nitrogens with one attached hydrogen (secondary N) is 1. The van der Waals surface area contributed by atoms with Gasteiger partial charge in [-0.1, -0.05) is 13.0 Å². The SMILES string of the molecule is CCCOc1cc(C)ccc1NC(C)CCc1ccco1. The Morgan fingerprint density at radius 3 is 2.86 bits per heavy atom. The molecule has 0 aliphatic carbocycles. The van der Waals surface area contributed by atoms with E-state index in [4.69, 9.17) is 9.15 Å². The summed E-state index contributed by atoms with van der Waals surface area (Å²) in [6.07, 6.45) is 4.71. The van der Waals surface area contributed by atoms with Crippen LogP contribution in [-0.4, -0.2) is 12.6 Å². The molecular formula is C18H25NO2. The molecule has 1 heterocycles. The Bertz CT molecular complexity index is 534. The van der Waals surface area contributed by atoms with Gasteiger partial charge >= 0.3 is 0 Å². The highest BCUT2D eigenvalue weighted by Crippen LogP contribution is 2.27. The Morgan fingerprint density at radius 1 is 1.29 bits per heavy atom. The zero-order valence-corrected chi connectivity index (χ0v) is 13.2. The monoisotopic (exact) mass is 287 g/mol. The minimum absolute atomic E-state index is 0.363. The average Bonchev–Trinajstić information content (AvgIpc) is 2.98. The lowest BCUT2D eigenvalue weighted by molar-refractivity contribution is 0.318. The standard InChI is InChI=1S/C18H25NO2/c1-4-11-21-18-13-14(2)7-10-17(18)19-15(3)8-9-16-6-5-12-20-16/h5-7,10,12-13,15,19H,4,8-9,11H2,1-3H3. The lowest BCUT2D eigenvalue weighted by atomic mass is 10.1. The summed E-state index contributed by atoms with van der Waals surface area (Å²) in [5.41, 5.74) is 2.29. The van der Waals surface area contributed by atoms with Gasteiger partial charge in [-0.15, -0.1) is 0 Å². The van der Waals surface area contributed by atoms with E-state index in [1.807, 2.05) is 12.1 Å². The Labute approximate surface area is 127 Å². The minimum atomic E-state index is 0.363. The summed E-state index contributed by atoms with van der Waals surface area (Å²) < 4.78 is 11.2. The molecule has 0 fully saturated rings. The van der Waals surface area contributed by atoms with E-state index in [1.165, 1.54) is 5.56 Å². The number of anilines is 1. The highest BCUT2D eigenvalue weighted by Gasteiger charge is 2.09. The number of hydrogen-bond donors (Lipinski definition) is 1. The van der Waals surface area contributed by atoms with Crippen LogP contribution in [0.15, 0.2) is 41.0 Å². The van der Waals surface area contributed by atoms with Gasteiger partial charge in [-0.3, -0.25) is 0 Å². The predicted octanol–water partition coefficient (Wildman–Crippen LogP) is 4.81. The lowest BCUT2D eigenvalue weighted by Gasteiger charge is -2.18. The largest absolute Gasteiger partial charge is 0.491 e. The third-order valence-electron chi connectivity index (χ3n) is 3.40. The number of ether oxygens (including phenoxy) is 1. The van der Waals surface area contributed by atoms with Crippen LogP contribution in [0.2, 0.25) is 0 Å². The van der Waals surface area contributed by atoms with Gasteiger partial charge in [0.05, 0.1) is 18.6 Å². The molecule has 2 aromatic rings.